The summed E-state index contributed by atoms with van der Waals surface area (Å²) >= 11 is 0. The second-order valence-electron chi connectivity index (χ2n) is 6.34. The van der Waals surface area contributed by atoms with E-state index < -0.39 is 0 Å². The van der Waals surface area contributed by atoms with Gasteiger partial charge in [-0.3, -0.25) is 9.78 Å². The number of hydrogen-bond acceptors (Lipinski definition) is 4. The van der Waals surface area contributed by atoms with Gasteiger partial charge in [0.15, 0.2) is 5.82 Å². The molecule has 1 unspecified atom stereocenters. The molecule has 1 amide bonds. The number of nitrogens with zero attached hydrogens (tertiary/aromatic N) is 4. The van der Waals surface area contributed by atoms with Crippen molar-refractivity contribution >= 4 is 5.91 Å². The zero-order valence-electron chi connectivity index (χ0n) is 14.1. The van der Waals surface area contributed by atoms with Crippen molar-refractivity contribution in [2.24, 2.45) is 0 Å². The summed E-state index contributed by atoms with van der Waals surface area (Å²) in [7, 11) is 0. The zero-order chi connectivity index (χ0) is 17.9. The second-order valence-corrected chi connectivity index (χ2v) is 6.34. The Hall–Kier alpha value is -3.09. The van der Waals surface area contributed by atoms with Gasteiger partial charge in [-0.2, -0.15) is 0 Å². The van der Waals surface area contributed by atoms with E-state index in [9.17, 15) is 9.18 Å². The minimum atomic E-state index is -0.350. The van der Waals surface area contributed by atoms with Gasteiger partial charge in [-0.25, -0.2) is 4.39 Å². The van der Waals surface area contributed by atoms with Crippen LogP contribution in [0, 0.1) is 5.82 Å². The maximum Gasteiger partial charge on any atom is 0.251 e. The first kappa shape index (κ1) is 16.4. The predicted molar refractivity (Wildman–Crippen MR) is 93.8 cm³/mol. The number of aromatic nitrogens is 4. The van der Waals surface area contributed by atoms with Crippen molar-refractivity contribution in [3.8, 4) is 11.4 Å². The van der Waals surface area contributed by atoms with Crippen molar-refractivity contribution in [3.05, 3.63) is 66.0 Å². The molecule has 1 atom stereocenters. The van der Waals surface area contributed by atoms with Gasteiger partial charge in [-0.1, -0.05) is 0 Å². The van der Waals surface area contributed by atoms with E-state index in [1.165, 1.54) is 24.3 Å². The lowest BCUT2D eigenvalue weighted by Crippen LogP contribution is -2.35. The second kappa shape index (κ2) is 7.03. The third-order valence-electron chi connectivity index (χ3n) is 4.61. The number of rotatable bonds is 3. The fourth-order valence-electron chi connectivity index (χ4n) is 3.21. The van der Waals surface area contributed by atoms with Crippen LogP contribution in [0.2, 0.25) is 0 Å². The van der Waals surface area contributed by atoms with E-state index in [-0.39, 0.29) is 17.8 Å². The summed E-state index contributed by atoms with van der Waals surface area (Å²) in [5.74, 6) is 1.19. The van der Waals surface area contributed by atoms with Crippen LogP contribution in [0.3, 0.4) is 0 Å². The molecule has 1 aliphatic rings. The number of nitrogens with one attached hydrogen (secondary N) is 1. The van der Waals surface area contributed by atoms with Gasteiger partial charge in [0.25, 0.3) is 5.91 Å². The fraction of sp³-hybridized carbons (Fsp3) is 0.263. The molecule has 1 aliphatic heterocycles. The first-order chi connectivity index (χ1) is 12.7. The van der Waals surface area contributed by atoms with Gasteiger partial charge in [-0.15, -0.1) is 10.2 Å². The standard InChI is InChI=1S/C19H18FN5O/c20-15-5-3-13(4-6-15)19(26)22-16-7-8-17-23-24-18(25(17)11-9-16)14-2-1-10-21-12-14/h1-6,10,12,16H,7-9,11H2,(H,22,26). The Morgan fingerprint density at radius 1 is 1.15 bits per heavy atom. The van der Waals surface area contributed by atoms with E-state index in [0.717, 1.165) is 43.0 Å². The monoisotopic (exact) mass is 351 g/mol. The Labute approximate surface area is 150 Å². The first-order valence-electron chi connectivity index (χ1n) is 8.59. The predicted octanol–water partition coefficient (Wildman–Crippen LogP) is 2.61. The minimum Gasteiger partial charge on any atom is -0.349 e. The van der Waals surface area contributed by atoms with Crippen molar-refractivity contribution < 1.29 is 9.18 Å². The quantitative estimate of drug-likeness (QED) is 0.787. The molecular formula is C19H18FN5O. The molecule has 1 N–H and O–H groups in total. The first-order valence-corrected chi connectivity index (χ1v) is 8.59. The molecule has 4 rings (SSSR count). The molecule has 0 spiro atoms. The van der Waals surface area contributed by atoms with Gasteiger partial charge in [0.05, 0.1) is 0 Å². The number of carbonyl (C=O) groups excluding carboxylic acids is 1. The van der Waals surface area contributed by atoms with Gasteiger partial charge in [-0.05, 0) is 49.2 Å². The smallest absolute Gasteiger partial charge is 0.251 e. The molecule has 7 heteroatoms. The fourth-order valence-corrected chi connectivity index (χ4v) is 3.21. The summed E-state index contributed by atoms with van der Waals surface area (Å²) in [6, 6.07) is 9.46. The average molecular weight is 351 g/mol. The molecule has 3 aromatic rings. The van der Waals surface area contributed by atoms with Crippen LogP contribution in [0.5, 0.6) is 0 Å². The molecule has 0 radical (unpaired) electrons. The van der Waals surface area contributed by atoms with Crippen LogP contribution in [0.1, 0.15) is 29.0 Å². The summed E-state index contributed by atoms with van der Waals surface area (Å²) in [5.41, 5.74) is 1.39. The normalized spacial score (nSPS) is 16.6. The number of pyridine rings is 1. The Morgan fingerprint density at radius 2 is 2.00 bits per heavy atom. The number of benzene rings is 1. The number of carbonyl (C=O) groups is 1. The van der Waals surface area contributed by atoms with Crippen molar-refractivity contribution in [1.29, 1.82) is 0 Å². The molecule has 0 fully saturated rings. The lowest BCUT2D eigenvalue weighted by Gasteiger charge is -2.16. The number of aryl methyl sites for hydroxylation is 1. The highest BCUT2D eigenvalue weighted by molar-refractivity contribution is 5.94. The molecule has 1 aromatic carbocycles. The molecule has 3 heterocycles. The molecule has 26 heavy (non-hydrogen) atoms. The van der Waals surface area contributed by atoms with Gasteiger partial charge >= 0.3 is 0 Å². The Kier molecular flexibility index (Phi) is 4.43. The van der Waals surface area contributed by atoms with Crippen LogP contribution >= 0.6 is 0 Å². The van der Waals surface area contributed by atoms with Gasteiger partial charge in [0.1, 0.15) is 11.6 Å². The van der Waals surface area contributed by atoms with Gasteiger partial charge in [0, 0.05) is 42.5 Å². The Bertz CT molecular complexity index is 907. The molecule has 132 valence electrons. The summed E-state index contributed by atoms with van der Waals surface area (Å²) in [6.45, 7) is 0.723. The Balaban J connectivity index is 1.46. The lowest BCUT2D eigenvalue weighted by molar-refractivity contribution is 0.0933. The van der Waals surface area contributed by atoms with Crippen LogP contribution in [-0.4, -0.2) is 31.7 Å². The molecule has 0 saturated heterocycles. The van der Waals surface area contributed by atoms with Crippen molar-refractivity contribution in [1.82, 2.24) is 25.1 Å². The summed E-state index contributed by atoms with van der Waals surface area (Å²) in [6.07, 6.45) is 5.81. The van der Waals surface area contributed by atoms with Crippen LogP contribution in [0.15, 0.2) is 48.8 Å². The van der Waals surface area contributed by atoms with E-state index in [1.807, 2.05) is 12.1 Å². The van der Waals surface area contributed by atoms with Crippen molar-refractivity contribution in [3.63, 3.8) is 0 Å². The molecular weight excluding hydrogens is 333 g/mol. The maximum atomic E-state index is 13.0. The molecule has 6 nitrogen and oxygen atoms in total. The third kappa shape index (κ3) is 3.33. The molecule has 0 saturated carbocycles. The topological polar surface area (TPSA) is 72.7 Å². The van der Waals surface area contributed by atoms with E-state index in [4.69, 9.17) is 0 Å². The van der Waals surface area contributed by atoms with Crippen LogP contribution in [0.4, 0.5) is 4.39 Å². The van der Waals surface area contributed by atoms with Crippen LogP contribution in [0.25, 0.3) is 11.4 Å². The summed E-state index contributed by atoms with van der Waals surface area (Å²) in [4.78, 5) is 16.5. The molecule has 2 aromatic heterocycles. The number of amides is 1. The van der Waals surface area contributed by atoms with E-state index >= 15 is 0 Å². The number of fused-ring (bicyclic) bond motifs is 1. The number of halogens is 1. The Morgan fingerprint density at radius 3 is 2.77 bits per heavy atom. The average Bonchev–Trinajstić information content (AvgIpc) is 2.98. The SMILES string of the molecule is O=C(NC1CCc2nnc(-c3cccnc3)n2CC1)c1ccc(F)cc1. The van der Waals surface area contributed by atoms with E-state index in [0.29, 0.717) is 5.56 Å². The van der Waals surface area contributed by atoms with Gasteiger partial charge in [0.2, 0.25) is 0 Å². The zero-order valence-corrected chi connectivity index (χ0v) is 14.1. The highest BCUT2D eigenvalue weighted by Gasteiger charge is 2.22. The molecule has 0 bridgehead atoms. The highest BCUT2D eigenvalue weighted by atomic mass is 19.1. The number of hydrogen-bond donors (Lipinski definition) is 1. The molecule has 0 aliphatic carbocycles. The third-order valence-corrected chi connectivity index (χ3v) is 4.61. The maximum absolute atomic E-state index is 13.0. The highest BCUT2D eigenvalue weighted by Crippen LogP contribution is 2.22. The van der Waals surface area contributed by atoms with E-state index in [1.54, 1.807) is 12.4 Å². The summed E-state index contributed by atoms with van der Waals surface area (Å²) < 4.78 is 15.1. The van der Waals surface area contributed by atoms with Crippen molar-refractivity contribution in [2.45, 2.75) is 31.8 Å². The van der Waals surface area contributed by atoms with Gasteiger partial charge < -0.3 is 9.88 Å². The lowest BCUT2D eigenvalue weighted by atomic mass is 10.1. The van der Waals surface area contributed by atoms with Crippen LogP contribution < -0.4 is 5.32 Å². The van der Waals surface area contributed by atoms with Crippen LogP contribution in [-0.2, 0) is 13.0 Å². The largest absolute Gasteiger partial charge is 0.349 e. The summed E-state index contributed by atoms with van der Waals surface area (Å²) in [5, 5.41) is 11.7. The minimum absolute atomic E-state index is 0.0380. The van der Waals surface area contributed by atoms with E-state index in [2.05, 4.69) is 25.1 Å². The van der Waals surface area contributed by atoms with Crippen molar-refractivity contribution in [2.75, 3.05) is 0 Å².